The zero-order valence-electron chi connectivity index (χ0n) is 18.1. The summed E-state index contributed by atoms with van der Waals surface area (Å²) in [6, 6.07) is 7.85. The molecular weight excluding hydrogens is 424 g/mol. The van der Waals surface area contributed by atoms with Gasteiger partial charge >= 0.3 is 0 Å². The lowest BCUT2D eigenvalue weighted by molar-refractivity contribution is 0.102. The van der Waals surface area contributed by atoms with Gasteiger partial charge in [-0.05, 0) is 74.8 Å². The molecule has 7 nitrogen and oxygen atoms in total. The van der Waals surface area contributed by atoms with Crippen molar-refractivity contribution in [3.05, 3.63) is 52.3 Å². The third kappa shape index (κ3) is 3.41. The number of pyridine rings is 1. The Morgan fingerprint density at radius 3 is 2.69 bits per heavy atom. The van der Waals surface area contributed by atoms with Crippen molar-refractivity contribution >= 4 is 32.5 Å². The topological polar surface area (TPSA) is 93.9 Å². The zero-order chi connectivity index (χ0) is 22.0. The average Bonchev–Trinajstić information content (AvgIpc) is 3.27. The van der Waals surface area contributed by atoms with Crippen LogP contribution in [0.5, 0.6) is 0 Å². The lowest BCUT2D eigenvalue weighted by atomic mass is 10.1. The molecular formula is C24H26N4O3S. The Morgan fingerprint density at radius 2 is 1.94 bits per heavy atom. The van der Waals surface area contributed by atoms with Crippen molar-refractivity contribution < 1.29 is 13.2 Å². The lowest BCUT2D eigenvalue weighted by Crippen LogP contribution is -2.15. The predicted octanol–water partition coefficient (Wildman–Crippen LogP) is 3.72. The largest absolute Gasteiger partial charge is 0.322 e. The lowest BCUT2D eigenvalue weighted by Gasteiger charge is -2.12. The summed E-state index contributed by atoms with van der Waals surface area (Å²) in [5, 5.41) is 8.47. The van der Waals surface area contributed by atoms with Crippen molar-refractivity contribution in [3.8, 4) is 0 Å². The molecule has 1 amide bonds. The van der Waals surface area contributed by atoms with Gasteiger partial charge in [0.25, 0.3) is 5.91 Å². The van der Waals surface area contributed by atoms with Crippen LogP contribution >= 0.6 is 0 Å². The quantitative estimate of drug-likeness (QED) is 0.654. The number of fused-ring (bicyclic) bond motifs is 2. The van der Waals surface area contributed by atoms with Gasteiger partial charge < -0.3 is 5.32 Å². The Balaban J connectivity index is 1.42. The molecule has 0 spiro atoms. The molecule has 0 radical (unpaired) electrons. The van der Waals surface area contributed by atoms with E-state index in [1.54, 1.807) is 4.68 Å². The van der Waals surface area contributed by atoms with E-state index in [0.717, 1.165) is 48.9 Å². The van der Waals surface area contributed by atoms with Crippen molar-refractivity contribution in [1.29, 1.82) is 0 Å². The summed E-state index contributed by atoms with van der Waals surface area (Å²) in [5.74, 6) is 0.446. The minimum atomic E-state index is -3.06. The van der Waals surface area contributed by atoms with E-state index in [1.807, 2.05) is 19.1 Å². The van der Waals surface area contributed by atoms with Crippen LogP contribution < -0.4 is 5.32 Å². The molecule has 3 aliphatic rings. The minimum Gasteiger partial charge on any atom is -0.322 e. The summed E-state index contributed by atoms with van der Waals surface area (Å²) in [6.07, 6.45) is 5.99. The third-order valence-electron chi connectivity index (χ3n) is 7.01. The number of carbonyl (C=O) groups is 1. The predicted molar refractivity (Wildman–Crippen MR) is 123 cm³/mol. The number of nitrogens with zero attached hydrogens (tertiary/aromatic N) is 3. The first kappa shape index (κ1) is 19.9. The van der Waals surface area contributed by atoms with Gasteiger partial charge in [0, 0.05) is 17.3 Å². The first-order chi connectivity index (χ1) is 15.4. The SMILES string of the molecule is Cc1nn([C@H]2CCS(=O)(=O)C2)c2nc(C3CC3)cc(C(=O)Nc3ccc4c(c3)CCC4)c12. The van der Waals surface area contributed by atoms with Crippen molar-refractivity contribution in [1.82, 2.24) is 14.8 Å². The maximum Gasteiger partial charge on any atom is 0.256 e. The van der Waals surface area contributed by atoms with E-state index in [2.05, 4.69) is 22.5 Å². The first-order valence-electron chi connectivity index (χ1n) is 11.4. The molecule has 3 heterocycles. The van der Waals surface area contributed by atoms with Crippen LogP contribution in [-0.2, 0) is 22.7 Å². The normalized spacial score (nSPS) is 21.7. The molecule has 166 valence electrons. The van der Waals surface area contributed by atoms with Crippen molar-refractivity contribution in [3.63, 3.8) is 0 Å². The van der Waals surface area contributed by atoms with E-state index in [0.29, 0.717) is 29.2 Å². The van der Waals surface area contributed by atoms with Crippen molar-refractivity contribution in [2.45, 2.75) is 57.4 Å². The van der Waals surface area contributed by atoms with Crippen molar-refractivity contribution in [2.24, 2.45) is 0 Å². The number of nitrogens with one attached hydrogen (secondary N) is 1. The van der Waals surface area contributed by atoms with Gasteiger partial charge in [-0.1, -0.05) is 6.07 Å². The Morgan fingerprint density at radius 1 is 1.12 bits per heavy atom. The molecule has 2 fully saturated rings. The maximum atomic E-state index is 13.4. The average molecular weight is 451 g/mol. The van der Waals surface area contributed by atoms with E-state index in [4.69, 9.17) is 4.98 Å². The van der Waals surface area contributed by atoms with Crippen LogP contribution in [0, 0.1) is 6.92 Å². The molecule has 2 aromatic heterocycles. The smallest absolute Gasteiger partial charge is 0.256 e. The monoisotopic (exact) mass is 450 g/mol. The Kier molecular flexibility index (Phi) is 4.44. The molecule has 1 saturated heterocycles. The number of benzene rings is 1. The Labute approximate surface area is 187 Å². The van der Waals surface area contributed by atoms with Crippen LogP contribution in [0.1, 0.15) is 70.5 Å². The summed E-state index contributed by atoms with van der Waals surface area (Å²) >= 11 is 0. The maximum absolute atomic E-state index is 13.4. The number of sulfone groups is 1. The Bertz CT molecular complexity index is 1370. The number of rotatable bonds is 4. The summed E-state index contributed by atoms with van der Waals surface area (Å²) in [6.45, 7) is 1.87. The second kappa shape index (κ2) is 7.13. The van der Waals surface area contributed by atoms with E-state index < -0.39 is 9.84 Å². The fourth-order valence-corrected chi connectivity index (χ4v) is 6.86. The van der Waals surface area contributed by atoms with Gasteiger partial charge in [-0.3, -0.25) is 4.79 Å². The van der Waals surface area contributed by atoms with E-state index in [9.17, 15) is 13.2 Å². The molecule has 1 atom stereocenters. The highest BCUT2D eigenvalue weighted by Gasteiger charge is 2.34. The second-order valence-electron chi connectivity index (χ2n) is 9.45. The molecule has 2 aliphatic carbocycles. The molecule has 1 N–H and O–H groups in total. The fraction of sp³-hybridized carbons (Fsp3) is 0.458. The van der Waals surface area contributed by atoms with Gasteiger partial charge in [0.05, 0.1) is 34.2 Å². The van der Waals surface area contributed by atoms with Crippen LogP contribution in [0.4, 0.5) is 5.69 Å². The minimum absolute atomic E-state index is 0.0786. The van der Waals surface area contributed by atoms with Gasteiger partial charge in [-0.2, -0.15) is 5.10 Å². The summed E-state index contributed by atoms with van der Waals surface area (Å²) in [5.41, 5.74) is 6.30. The molecule has 0 bridgehead atoms. The molecule has 1 aromatic carbocycles. The highest BCUT2D eigenvalue weighted by molar-refractivity contribution is 7.91. The van der Waals surface area contributed by atoms with E-state index >= 15 is 0 Å². The van der Waals surface area contributed by atoms with E-state index in [-0.39, 0.29) is 23.5 Å². The molecule has 6 rings (SSSR count). The number of anilines is 1. The van der Waals surface area contributed by atoms with Crippen molar-refractivity contribution in [2.75, 3.05) is 16.8 Å². The third-order valence-corrected chi connectivity index (χ3v) is 8.76. The highest BCUT2D eigenvalue weighted by Crippen LogP contribution is 2.41. The van der Waals surface area contributed by atoms with Gasteiger partial charge in [0.2, 0.25) is 0 Å². The Hall–Kier alpha value is -2.74. The fourth-order valence-electron chi connectivity index (χ4n) is 5.17. The first-order valence-corrected chi connectivity index (χ1v) is 13.2. The number of aryl methyl sites for hydroxylation is 3. The summed E-state index contributed by atoms with van der Waals surface area (Å²) < 4.78 is 25.9. The number of aromatic nitrogens is 3. The standard InChI is InChI=1S/C24H26N4O3S/c1-14-22-20(24(29)25-18-8-7-15-3-2-4-17(15)11-18)12-21(16-5-6-16)26-23(22)28(27-14)19-9-10-32(30,31)13-19/h7-8,11-12,16,19H,2-6,9-10,13H2,1H3,(H,25,29)/t19-/m0/s1. The zero-order valence-corrected chi connectivity index (χ0v) is 18.9. The highest BCUT2D eigenvalue weighted by atomic mass is 32.2. The summed E-state index contributed by atoms with van der Waals surface area (Å²) in [7, 11) is -3.06. The van der Waals surface area contributed by atoms with Crippen LogP contribution in [0.3, 0.4) is 0 Å². The number of hydrogen-bond donors (Lipinski definition) is 1. The summed E-state index contributed by atoms with van der Waals surface area (Å²) in [4.78, 5) is 18.3. The van der Waals surface area contributed by atoms with Gasteiger partial charge in [-0.15, -0.1) is 0 Å². The van der Waals surface area contributed by atoms with Gasteiger partial charge in [0.1, 0.15) is 0 Å². The van der Waals surface area contributed by atoms with Crippen LogP contribution in [0.15, 0.2) is 24.3 Å². The molecule has 3 aromatic rings. The molecule has 1 aliphatic heterocycles. The molecule has 32 heavy (non-hydrogen) atoms. The van der Waals surface area contributed by atoms with Crippen LogP contribution in [0.25, 0.3) is 11.0 Å². The number of amides is 1. The molecule has 0 unspecified atom stereocenters. The van der Waals surface area contributed by atoms with Gasteiger partial charge in [-0.25, -0.2) is 18.1 Å². The van der Waals surface area contributed by atoms with Crippen LogP contribution in [0.2, 0.25) is 0 Å². The molecule has 8 heteroatoms. The van der Waals surface area contributed by atoms with E-state index in [1.165, 1.54) is 11.1 Å². The molecule has 1 saturated carbocycles. The van der Waals surface area contributed by atoms with Crippen LogP contribution in [-0.4, -0.2) is 40.6 Å². The number of carbonyl (C=O) groups excluding carboxylic acids is 1. The van der Waals surface area contributed by atoms with Gasteiger partial charge in [0.15, 0.2) is 15.5 Å². The number of hydrogen-bond acceptors (Lipinski definition) is 5. The second-order valence-corrected chi connectivity index (χ2v) is 11.7.